The first-order chi connectivity index (χ1) is 24.6. The molecule has 0 bridgehead atoms. The molecule has 0 atom stereocenters. The van der Waals surface area contributed by atoms with Crippen LogP contribution in [0.3, 0.4) is 0 Å². The van der Waals surface area contributed by atoms with Crippen molar-refractivity contribution in [2.24, 2.45) is 0 Å². The second-order valence-electron chi connectivity index (χ2n) is 13.8. The summed E-state index contributed by atoms with van der Waals surface area (Å²) < 4.78 is 0. The number of hydrogen-bond acceptors (Lipinski definition) is 1. The van der Waals surface area contributed by atoms with Crippen molar-refractivity contribution in [1.82, 2.24) is 0 Å². The quantitative estimate of drug-likeness (QED) is 0.175. The maximum atomic E-state index is 2.47. The number of fused-ring (bicyclic) bond motifs is 4. The largest absolute Gasteiger partial charge is 0.310 e. The van der Waals surface area contributed by atoms with Gasteiger partial charge in [0.25, 0.3) is 0 Å². The van der Waals surface area contributed by atoms with Crippen LogP contribution in [0.1, 0.15) is 25.0 Å². The minimum atomic E-state index is -0.179. The van der Waals surface area contributed by atoms with Crippen LogP contribution in [0, 0.1) is 0 Å². The van der Waals surface area contributed by atoms with Crippen LogP contribution in [0.15, 0.2) is 188 Å². The molecule has 1 aliphatic carbocycles. The smallest absolute Gasteiger partial charge is 0.0543 e. The Kier molecular flexibility index (Phi) is 7.21. The lowest BCUT2D eigenvalue weighted by molar-refractivity contribution is 0.660. The van der Waals surface area contributed by atoms with Gasteiger partial charge in [-0.15, -0.1) is 0 Å². The van der Waals surface area contributed by atoms with Crippen molar-refractivity contribution in [3.05, 3.63) is 199 Å². The molecule has 8 aromatic rings. The van der Waals surface area contributed by atoms with E-state index in [1.807, 2.05) is 0 Å². The summed E-state index contributed by atoms with van der Waals surface area (Å²) in [7, 11) is 0. The van der Waals surface area contributed by atoms with Crippen LogP contribution in [-0.4, -0.2) is 0 Å². The molecule has 1 aliphatic rings. The Morgan fingerprint density at radius 3 is 1.64 bits per heavy atom. The van der Waals surface area contributed by atoms with Gasteiger partial charge >= 0.3 is 0 Å². The first kappa shape index (κ1) is 29.9. The van der Waals surface area contributed by atoms with Crippen molar-refractivity contribution in [2.45, 2.75) is 19.3 Å². The van der Waals surface area contributed by atoms with E-state index in [0.29, 0.717) is 0 Å². The zero-order valence-electron chi connectivity index (χ0n) is 28.3. The molecule has 8 aromatic carbocycles. The van der Waals surface area contributed by atoms with Crippen molar-refractivity contribution in [3.63, 3.8) is 0 Å². The van der Waals surface area contributed by atoms with Crippen LogP contribution >= 0.6 is 0 Å². The van der Waals surface area contributed by atoms with Gasteiger partial charge in [0, 0.05) is 22.4 Å². The summed E-state index contributed by atoms with van der Waals surface area (Å²) in [6.07, 6.45) is 0. The van der Waals surface area contributed by atoms with Gasteiger partial charge in [0.2, 0.25) is 0 Å². The average Bonchev–Trinajstić information content (AvgIpc) is 3.41. The molecule has 238 valence electrons. The predicted molar refractivity (Wildman–Crippen MR) is 213 cm³/mol. The molecule has 0 saturated carbocycles. The minimum absolute atomic E-state index is 0.179. The van der Waals surface area contributed by atoms with Crippen molar-refractivity contribution >= 4 is 27.8 Å². The molecular weight excluding hydrogens is 603 g/mol. The SMILES string of the molecule is CC1(C)c2cc(N(c3ccccc3)c3ccc(-c4ccc5ccccc5c4)cc3)c(-c3ccccc3)cc2-c2c(-c3ccccc3)cccc21. The Bertz CT molecular complexity index is 2480. The van der Waals surface area contributed by atoms with Crippen LogP contribution in [0.25, 0.3) is 55.3 Å². The molecule has 0 saturated heterocycles. The van der Waals surface area contributed by atoms with Crippen LogP contribution in [0.4, 0.5) is 17.1 Å². The Morgan fingerprint density at radius 1 is 0.360 bits per heavy atom. The highest BCUT2D eigenvalue weighted by molar-refractivity contribution is 5.99. The number of nitrogens with zero attached hydrogens (tertiary/aromatic N) is 1. The molecule has 50 heavy (non-hydrogen) atoms. The van der Waals surface area contributed by atoms with Gasteiger partial charge in [-0.25, -0.2) is 0 Å². The molecule has 9 rings (SSSR count). The Labute approximate surface area is 294 Å². The van der Waals surface area contributed by atoms with Gasteiger partial charge in [0.15, 0.2) is 0 Å². The fourth-order valence-electron chi connectivity index (χ4n) is 7.89. The van der Waals surface area contributed by atoms with Gasteiger partial charge in [-0.2, -0.15) is 0 Å². The second kappa shape index (κ2) is 12.1. The van der Waals surface area contributed by atoms with E-state index in [0.717, 1.165) is 11.4 Å². The third-order valence-corrected chi connectivity index (χ3v) is 10.4. The van der Waals surface area contributed by atoms with Crippen LogP contribution in [0.5, 0.6) is 0 Å². The Balaban J connectivity index is 1.25. The van der Waals surface area contributed by atoms with E-state index in [2.05, 4.69) is 207 Å². The van der Waals surface area contributed by atoms with Gasteiger partial charge < -0.3 is 4.90 Å². The van der Waals surface area contributed by atoms with Crippen LogP contribution in [-0.2, 0) is 5.41 Å². The third kappa shape index (κ3) is 5.02. The first-order valence-electron chi connectivity index (χ1n) is 17.4. The summed E-state index contributed by atoms with van der Waals surface area (Å²) in [5.74, 6) is 0. The molecule has 0 radical (unpaired) electrons. The highest BCUT2D eigenvalue weighted by Gasteiger charge is 2.38. The maximum Gasteiger partial charge on any atom is 0.0543 e. The van der Waals surface area contributed by atoms with Crippen LogP contribution in [0.2, 0.25) is 0 Å². The third-order valence-electron chi connectivity index (χ3n) is 10.4. The highest BCUT2D eigenvalue weighted by Crippen LogP contribution is 2.55. The molecule has 0 aromatic heterocycles. The van der Waals surface area contributed by atoms with E-state index in [4.69, 9.17) is 0 Å². The number of benzene rings is 8. The van der Waals surface area contributed by atoms with Crippen molar-refractivity contribution in [1.29, 1.82) is 0 Å². The fourth-order valence-corrected chi connectivity index (χ4v) is 7.89. The number of hydrogen-bond donors (Lipinski definition) is 0. The van der Waals surface area contributed by atoms with Gasteiger partial charge in [0.05, 0.1) is 5.69 Å². The summed E-state index contributed by atoms with van der Waals surface area (Å²) in [5.41, 5.74) is 16.0. The number of para-hydroxylation sites is 1. The summed E-state index contributed by atoms with van der Waals surface area (Å²) in [5, 5.41) is 2.51. The molecule has 0 unspecified atom stereocenters. The Hall–Kier alpha value is -6.18. The first-order valence-corrected chi connectivity index (χ1v) is 17.4. The van der Waals surface area contributed by atoms with E-state index in [1.54, 1.807) is 0 Å². The van der Waals surface area contributed by atoms with Crippen LogP contribution < -0.4 is 4.90 Å². The lowest BCUT2D eigenvalue weighted by atomic mass is 9.81. The summed E-state index contributed by atoms with van der Waals surface area (Å²) in [4.78, 5) is 2.43. The summed E-state index contributed by atoms with van der Waals surface area (Å²) >= 11 is 0. The van der Waals surface area contributed by atoms with Gasteiger partial charge in [0.1, 0.15) is 0 Å². The van der Waals surface area contributed by atoms with E-state index in [1.165, 1.54) is 72.1 Å². The van der Waals surface area contributed by atoms with Crippen molar-refractivity contribution in [3.8, 4) is 44.5 Å². The zero-order chi connectivity index (χ0) is 33.7. The van der Waals surface area contributed by atoms with Gasteiger partial charge in [-0.1, -0.05) is 159 Å². The second-order valence-corrected chi connectivity index (χ2v) is 13.8. The van der Waals surface area contributed by atoms with E-state index >= 15 is 0 Å². The van der Waals surface area contributed by atoms with E-state index in [9.17, 15) is 0 Å². The van der Waals surface area contributed by atoms with Crippen molar-refractivity contribution < 1.29 is 0 Å². The topological polar surface area (TPSA) is 3.24 Å². The van der Waals surface area contributed by atoms with E-state index in [-0.39, 0.29) is 5.41 Å². The summed E-state index contributed by atoms with van der Waals surface area (Å²) in [6.45, 7) is 4.76. The molecule has 0 amide bonds. The zero-order valence-corrected chi connectivity index (χ0v) is 28.3. The number of anilines is 3. The molecule has 0 aliphatic heterocycles. The molecular formula is C49H37N. The predicted octanol–water partition coefficient (Wildman–Crippen LogP) is 13.6. The number of rotatable bonds is 6. The fraction of sp³-hybridized carbons (Fsp3) is 0.0612. The molecule has 1 heteroatoms. The molecule has 1 nitrogen and oxygen atoms in total. The van der Waals surface area contributed by atoms with Crippen molar-refractivity contribution in [2.75, 3.05) is 4.90 Å². The average molecular weight is 640 g/mol. The molecule has 0 heterocycles. The monoisotopic (exact) mass is 639 g/mol. The van der Waals surface area contributed by atoms with Gasteiger partial charge in [-0.05, 0) is 103 Å². The minimum Gasteiger partial charge on any atom is -0.310 e. The Morgan fingerprint density at radius 2 is 0.940 bits per heavy atom. The molecule has 0 spiro atoms. The molecule has 0 N–H and O–H groups in total. The lowest BCUT2D eigenvalue weighted by Gasteiger charge is -2.30. The van der Waals surface area contributed by atoms with E-state index < -0.39 is 0 Å². The molecule has 0 fully saturated rings. The summed E-state index contributed by atoms with van der Waals surface area (Å²) in [6, 6.07) is 68.6. The standard InChI is InChI=1S/C49H37N/c1-49(2)45-24-14-23-42(36-16-6-3-7-17-36)48(45)44-32-43(37-18-8-4-9-19-37)47(33-46(44)49)50(40-21-10-5-11-22-40)41-29-27-35(28-30-41)39-26-25-34-15-12-13-20-38(34)31-39/h3-33H,1-2H3. The normalized spacial score (nSPS) is 12.8. The van der Waals surface area contributed by atoms with Gasteiger partial charge in [-0.3, -0.25) is 0 Å². The lowest BCUT2D eigenvalue weighted by Crippen LogP contribution is -2.17. The maximum absolute atomic E-state index is 2.47. The highest BCUT2D eigenvalue weighted by atomic mass is 15.1.